The Morgan fingerprint density at radius 1 is 1.08 bits per heavy atom. The van der Waals surface area contributed by atoms with Gasteiger partial charge in [0.05, 0.1) is 11.3 Å². The predicted octanol–water partition coefficient (Wildman–Crippen LogP) is 4.35. The highest BCUT2D eigenvalue weighted by Gasteiger charge is 2.13. The molecular weight excluding hydrogens is 328 g/mol. The van der Waals surface area contributed by atoms with Crippen LogP contribution < -0.4 is 9.47 Å². The molecule has 4 nitrogen and oxygen atoms in total. The summed E-state index contributed by atoms with van der Waals surface area (Å²) in [5.41, 5.74) is 0.521. The van der Waals surface area contributed by atoms with Crippen molar-refractivity contribution in [2.24, 2.45) is 0 Å². The fourth-order valence-electron chi connectivity index (χ4n) is 1.85. The average Bonchev–Trinajstić information content (AvgIpc) is 2.54. The number of ether oxygens (including phenoxy) is 2. The van der Waals surface area contributed by atoms with Crippen molar-refractivity contribution < 1.29 is 27.0 Å². The van der Waals surface area contributed by atoms with Crippen LogP contribution in [-0.2, 0) is 0 Å². The van der Waals surface area contributed by atoms with Gasteiger partial charge in [-0.3, -0.25) is 4.98 Å². The summed E-state index contributed by atoms with van der Waals surface area (Å²) in [6.45, 7) is -6.27. The number of hydrogen-bond donors (Lipinski definition) is 0. The van der Waals surface area contributed by atoms with Crippen molar-refractivity contribution in [2.75, 3.05) is 0 Å². The normalized spacial score (nSPS) is 11.5. The molecule has 0 aliphatic rings. The summed E-state index contributed by atoms with van der Waals surface area (Å²) in [4.78, 5) is 3.99. The number of allylic oxidation sites excluding steroid dienone is 1. The van der Waals surface area contributed by atoms with Crippen LogP contribution in [0.3, 0.4) is 0 Å². The van der Waals surface area contributed by atoms with E-state index in [1.54, 1.807) is 18.2 Å². The zero-order chi connectivity index (χ0) is 17.5. The summed E-state index contributed by atoms with van der Waals surface area (Å²) in [6, 6.07) is 10.1. The quantitative estimate of drug-likeness (QED) is 0.580. The molecule has 124 valence electrons. The summed E-state index contributed by atoms with van der Waals surface area (Å²) in [6.07, 6.45) is 2.74. The molecule has 0 fully saturated rings. The maximum atomic E-state index is 12.5. The Balaban J connectivity index is 2.44. The molecule has 2 aromatic rings. The van der Waals surface area contributed by atoms with Gasteiger partial charge in [-0.1, -0.05) is 6.07 Å². The van der Waals surface area contributed by atoms with Gasteiger partial charge >= 0.3 is 13.2 Å². The zero-order valence-electron chi connectivity index (χ0n) is 12.0. The smallest absolute Gasteiger partial charge is 0.387 e. The molecule has 0 unspecified atom stereocenters. The molecule has 0 N–H and O–H groups in total. The van der Waals surface area contributed by atoms with E-state index in [0.717, 1.165) is 12.1 Å². The number of hydrogen-bond acceptors (Lipinski definition) is 4. The highest BCUT2D eigenvalue weighted by atomic mass is 19.3. The van der Waals surface area contributed by atoms with Crippen LogP contribution in [0.15, 0.2) is 42.6 Å². The Morgan fingerprint density at radius 3 is 2.42 bits per heavy atom. The maximum absolute atomic E-state index is 12.5. The maximum Gasteiger partial charge on any atom is 0.387 e. The molecular formula is C16H10F4N2O2. The summed E-state index contributed by atoms with van der Waals surface area (Å²) >= 11 is 0. The molecule has 2 rings (SSSR count). The van der Waals surface area contributed by atoms with Gasteiger partial charge in [-0.2, -0.15) is 22.8 Å². The van der Waals surface area contributed by atoms with Gasteiger partial charge in [-0.15, -0.1) is 0 Å². The number of nitrogens with zero attached hydrogens (tertiary/aromatic N) is 2. The highest BCUT2D eigenvalue weighted by Crippen LogP contribution is 2.30. The lowest BCUT2D eigenvalue weighted by molar-refractivity contribution is -0.0543. The number of rotatable bonds is 6. The Kier molecular flexibility index (Phi) is 5.73. The lowest BCUT2D eigenvalue weighted by atomic mass is 10.1. The molecule has 0 spiro atoms. The first-order valence-corrected chi connectivity index (χ1v) is 6.56. The molecule has 0 saturated carbocycles. The van der Waals surface area contributed by atoms with E-state index in [2.05, 4.69) is 14.5 Å². The molecule has 0 aliphatic carbocycles. The van der Waals surface area contributed by atoms with E-state index >= 15 is 0 Å². The van der Waals surface area contributed by atoms with Crippen molar-refractivity contribution >= 4 is 11.6 Å². The molecule has 24 heavy (non-hydrogen) atoms. The van der Waals surface area contributed by atoms with Crippen molar-refractivity contribution in [3.05, 3.63) is 53.9 Å². The third-order valence-electron chi connectivity index (χ3n) is 2.79. The highest BCUT2D eigenvalue weighted by molar-refractivity contribution is 5.89. The van der Waals surface area contributed by atoms with Gasteiger partial charge in [0.25, 0.3) is 0 Å². The Morgan fingerprint density at radius 2 is 1.83 bits per heavy atom. The fourth-order valence-corrected chi connectivity index (χ4v) is 1.85. The summed E-state index contributed by atoms with van der Waals surface area (Å²) in [7, 11) is 0. The van der Waals surface area contributed by atoms with E-state index in [1.807, 2.05) is 6.07 Å². The average molecular weight is 338 g/mol. The molecule has 0 amide bonds. The number of halogens is 4. The van der Waals surface area contributed by atoms with Crippen LogP contribution in [-0.4, -0.2) is 18.2 Å². The monoisotopic (exact) mass is 338 g/mol. The van der Waals surface area contributed by atoms with Crippen LogP contribution in [0.5, 0.6) is 11.5 Å². The van der Waals surface area contributed by atoms with E-state index in [1.165, 1.54) is 18.3 Å². The minimum Gasteiger partial charge on any atom is -0.435 e. The van der Waals surface area contributed by atoms with Crippen molar-refractivity contribution in [1.29, 1.82) is 5.26 Å². The molecule has 8 heteroatoms. The van der Waals surface area contributed by atoms with Crippen molar-refractivity contribution in [2.45, 2.75) is 13.2 Å². The largest absolute Gasteiger partial charge is 0.435 e. The van der Waals surface area contributed by atoms with Crippen LogP contribution >= 0.6 is 0 Å². The van der Waals surface area contributed by atoms with Gasteiger partial charge in [0.1, 0.15) is 17.6 Å². The van der Waals surface area contributed by atoms with Crippen molar-refractivity contribution in [3.63, 3.8) is 0 Å². The third kappa shape index (κ3) is 4.71. The number of nitriles is 1. The summed E-state index contributed by atoms with van der Waals surface area (Å²) < 4.78 is 58.0. The minimum atomic E-state index is -3.17. The van der Waals surface area contributed by atoms with Crippen LogP contribution in [0.1, 0.15) is 11.3 Å². The lowest BCUT2D eigenvalue weighted by Gasteiger charge is -2.11. The standard InChI is InChI=1S/C16H10F4N2O2/c17-15(18)23-12-5-4-10(14(8-12)24-16(19)20)7-11(9-21)13-3-1-2-6-22-13/h1-8,15-16H. The second kappa shape index (κ2) is 7.97. The van der Waals surface area contributed by atoms with E-state index in [0.29, 0.717) is 5.69 Å². The topological polar surface area (TPSA) is 55.1 Å². The first-order chi connectivity index (χ1) is 11.5. The summed E-state index contributed by atoms with van der Waals surface area (Å²) in [5.74, 6) is -0.735. The van der Waals surface area contributed by atoms with E-state index < -0.39 is 19.0 Å². The molecule has 0 aliphatic heterocycles. The van der Waals surface area contributed by atoms with Gasteiger partial charge in [-0.25, -0.2) is 0 Å². The van der Waals surface area contributed by atoms with Crippen LogP contribution in [0.4, 0.5) is 17.6 Å². The van der Waals surface area contributed by atoms with Crippen molar-refractivity contribution in [3.8, 4) is 17.6 Å². The molecule has 1 heterocycles. The number of pyridine rings is 1. The second-order valence-electron chi connectivity index (χ2n) is 4.34. The van der Waals surface area contributed by atoms with Crippen LogP contribution in [0, 0.1) is 11.3 Å². The predicted molar refractivity (Wildman–Crippen MR) is 77.4 cm³/mol. The summed E-state index contributed by atoms with van der Waals surface area (Å²) in [5, 5.41) is 9.22. The molecule has 1 aromatic heterocycles. The van der Waals surface area contributed by atoms with E-state index in [-0.39, 0.29) is 16.9 Å². The molecule has 0 saturated heterocycles. The molecule has 0 radical (unpaired) electrons. The van der Waals surface area contributed by atoms with Gasteiger partial charge in [-0.05, 0) is 30.3 Å². The number of benzene rings is 1. The molecule has 0 atom stereocenters. The van der Waals surface area contributed by atoms with Crippen LogP contribution in [0.2, 0.25) is 0 Å². The Hall–Kier alpha value is -3.08. The van der Waals surface area contributed by atoms with E-state index in [4.69, 9.17) is 0 Å². The Bertz CT molecular complexity index is 758. The first kappa shape index (κ1) is 17.3. The number of aromatic nitrogens is 1. The van der Waals surface area contributed by atoms with Gasteiger partial charge in [0, 0.05) is 17.8 Å². The van der Waals surface area contributed by atoms with Crippen molar-refractivity contribution in [1.82, 2.24) is 4.98 Å². The van der Waals surface area contributed by atoms with Crippen LogP contribution in [0.25, 0.3) is 11.6 Å². The van der Waals surface area contributed by atoms with Gasteiger partial charge in [0.15, 0.2) is 0 Å². The SMILES string of the molecule is N#CC(=Cc1ccc(OC(F)F)cc1OC(F)F)c1ccccn1. The fraction of sp³-hybridized carbons (Fsp3) is 0.125. The number of alkyl halides is 4. The minimum absolute atomic E-state index is 0.0947. The second-order valence-corrected chi connectivity index (χ2v) is 4.34. The third-order valence-corrected chi connectivity index (χ3v) is 2.79. The molecule has 0 bridgehead atoms. The zero-order valence-corrected chi connectivity index (χ0v) is 12.0. The van der Waals surface area contributed by atoms with E-state index in [9.17, 15) is 22.8 Å². The van der Waals surface area contributed by atoms with Gasteiger partial charge in [0.2, 0.25) is 0 Å². The first-order valence-electron chi connectivity index (χ1n) is 6.56. The Labute approximate surface area is 134 Å². The van der Waals surface area contributed by atoms with Gasteiger partial charge < -0.3 is 9.47 Å². The lowest BCUT2D eigenvalue weighted by Crippen LogP contribution is -2.06. The molecule has 1 aromatic carbocycles.